The molecule has 100 valence electrons. The maximum atomic E-state index is 11.4. The predicted molar refractivity (Wildman–Crippen MR) is 75.6 cm³/mol. The molecular formula is C14H16N2O2S. The van der Waals surface area contributed by atoms with Gasteiger partial charge in [0.15, 0.2) is 5.13 Å². The number of carboxylic acids is 1. The van der Waals surface area contributed by atoms with Crippen LogP contribution in [0.3, 0.4) is 0 Å². The minimum atomic E-state index is -0.921. The van der Waals surface area contributed by atoms with Crippen LogP contribution in [0.25, 0.3) is 5.57 Å². The van der Waals surface area contributed by atoms with Crippen molar-refractivity contribution < 1.29 is 9.90 Å². The summed E-state index contributed by atoms with van der Waals surface area (Å²) in [5.41, 5.74) is 6.36. The molecule has 4 nitrogen and oxygen atoms in total. The van der Waals surface area contributed by atoms with Crippen LogP contribution in [0.5, 0.6) is 0 Å². The molecule has 4 rings (SSSR count). The van der Waals surface area contributed by atoms with Crippen molar-refractivity contribution in [1.29, 1.82) is 0 Å². The van der Waals surface area contributed by atoms with E-state index in [9.17, 15) is 9.90 Å². The summed E-state index contributed by atoms with van der Waals surface area (Å²) in [7, 11) is 0. The molecule has 1 saturated carbocycles. The van der Waals surface area contributed by atoms with Crippen molar-refractivity contribution >= 4 is 28.0 Å². The van der Waals surface area contributed by atoms with Gasteiger partial charge in [-0.05, 0) is 37.0 Å². The highest BCUT2D eigenvalue weighted by Gasteiger charge is 2.31. The van der Waals surface area contributed by atoms with Gasteiger partial charge in [-0.25, -0.2) is 9.78 Å². The van der Waals surface area contributed by atoms with Gasteiger partial charge < -0.3 is 10.8 Å². The van der Waals surface area contributed by atoms with Gasteiger partial charge in [0, 0.05) is 5.38 Å². The molecule has 1 heterocycles. The van der Waals surface area contributed by atoms with Crippen LogP contribution < -0.4 is 5.73 Å². The van der Waals surface area contributed by atoms with E-state index in [1.165, 1.54) is 17.8 Å². The number of allylic oxidation sites excluding steroid dienone is 3. The van der Waals surface area contributed by atoms with Crippen LogP contribution in [-0.2, 0) is 4.79 Å². The molecule has 1 aromatic heterocycles. The second-order valence-electron chi connectivity index (χ2n) is 5.24. The first-order chi connectivity index (χ1) is 9.13. The van der Waals surface area contributed by atoms with Gasteiger partial charge in [-0.2, -0.15) is 0 Å². The Labute approximate surface area is 115 Å². The molecule has 3 aliphatic rings. The first-order valence-corrected chi connectivity index (χ1v) is 7.36. The molecule has 19 heavy (non-hydrogen) atoms. The normalized spacial score (nSPS) is 29.7. The van der Waals surface area contributed by atoms with Crippen molar-refractivity contribution in [2.45, 2.75) is 19.3 Å². The molecule has 0 aliphatic heterocycles. The zero-order valence-corrected chi connectivity index (χ0v) is 11.3. The van der Waals surface area contributed by atoms with Crippen LogP contribution in [0.2, 0.25) is 0 Å². The van der Waals surface area contributed by atoms with Gasteiger partial charge in [-0.15, -0.1) is 11.3 Å². The molecule has 3 aliphatic carbocycles. The van der Waals surface area contributed by atoms with E-state index in [0.29, 0.717) is 34.2 Å². The van der Waals surface area contributed by atoms with E-state index < -0.39 is 5.97 Å². The molecule has 0 aromatic carbocycles. The minimum Gasteiger partial charge on any atom is -0.478 e. The Kier molecular flexibility index (Phi) is 3.14. The minimum absolute atomic E-state index is 0.291. The fraction of sp³-hybridized carbons (Fsp3) is 0.429. The molecule has 3 unspecified atom stereocenters. The Morgan fingerprint density at radius 1 is 1.47 bits per heavy atom. The number of rotatable bonds is 3. The second-order valence-corrected chi connectivity index (χ2v) is 6.13. The summed E-state index contributed by atoms with van der Waals surface area (Å²) < 4.78 is 0. The topological polar surface area (TPSA) is 76.2 Å². The van der Waals surface area contributed by atoms with Crippen molar-refractivity contribution in [3.8, 4) is 0 Å². The number of nitrogen functional groups attached to an aromatic ring is 1. The maximum absolute atomic E-state index is 11.4. The molecule has 0 amide bonds. The van der Waals surface area contributed by atoms with E-state index in [1.54, 1.807) is 5.38 Å². The molecule has 2 bridgehead atoms. The Morgan fingerprint density at radius 3 is 2.79 bits per heavy atom. The van der Waals surface area contributed by atoms with Gasteiger partial charge in [-0.1, -0.05) is 18.2 Å². The Morgan fingerprint density at radius 2 is 2.32 bits per heavy atom. The summed E-state index contributed by atoms with van der Waals surface area (Å²) in [6, 6.07) is 0. The lowest BCUT2D eigenvalue weighted by molar-refractivity contribution is -0.130. The molecule has 0 spiro atoms. The predicted octanol–water partition coefficient (Wildman–Crippen LogP) is 2.80. The SMILES string of the molecule is Nc1nc(/C(=C/C2CC3C=CC2CC3)C(=O)O)cs1. The van der Waals surface area contributed by atoms with E-state index in [4.69, 9.17) is 5.73 Å². The van der Waals surface area contributed by atoms with Gasteiger partial charge in [-0.3, -0.25) is 0 Å². The highest BCUT2D eigenvalue weighted by atomic mass is 32.1. The molecule has 0 saturated heterocycles. The average Bonchev–Trinajstić information content (AvgIpc) is 2.83. The summed E-state index contributed by atoms with van der Waals surface area (Å²) in [4.78, 5) is 15.5. The molecule has 1 aromatic rings. The number of nitrogens with two attached hydrogens (primary N) is 1. The first-order valence-electron chi connectivity index (χ1n) is 6.48. The van der Waals surface area contributed by atoms with Gasteiger partial charge in [0.1, 0.15) is 0 Å². The summed E-state index contributed by atoms with van der Waals surface area (Å²) in [5, 5.41) is 11.5. The Bertz CT molecular complexity index is 562. The molecule has 3 atom stereocenters. The summed E-state index contributed by atoms with van der Waals surface area (Å²) in [6.45, 7) is 0. The van der Waals surface area contributed by atoms with Crippen LogP contribution >= 0.6 is 11.3 Å². The van der Waals surface area contributed by atoms with Gasteiger partial charge in [0.25, 0.3) is 0 Å². The van der Waals surface area contributed by atoms with E-state index in [1.807, 2.05) is 6.08 Å². The summed E-state index contributed by atoms with van der Waals surface area (Å²) in [6.07, 6.45) is 9.86. The number of carbonyl (C=O) groups is 1. The lowest BCUT2D eigenvalue weighted by Gasteiger charge is -2.36. The van der Waals surface area contributed by atoms with E-state index in [2.05, 4.69) is 17.1 Å². The number of fused-ring (bicyclic) bond motifs is 2. The van der Waals surface area contributed by atoms with Crippen molar-refractivity contribution in [2.75, 3.05) is 5.73 Å². The number of carboxylic acid groups (broad SMARTS) is 1. The largest absolute Gasteiger partial charge is 0.478 e. The van der Waals surface area contributed by atoms with Crippen molar-refractivity contribution in [2.24, 2.45) is 17.8 Å². The standard InChI is InChI=1S/C14H16N2O2S/c15-14-16-12(7-19-14)11(13(17)18)6-10-5-8-1-3-9(10)4-2-8/h1,3,6-10H,2,4-5H2,(H2,15,16)(H,17,18)/b11-6-. The van der Waals surface area contributed by atoms with Gasteiger partial charge in [0.2, 0.25) is 0 Å². The third kappa shape index (κ3) is 2.42. The highest BCUT2D eigenvalue weighted by molar-refractivity contribution is 7.13. The van der Waals surface area contributed by atoms with Crippen LogP contribution in [-0.4, -0.2) is 16.1 Å². The average molecular weight is 276 g/mol. The zero-order chi connectivity index (χ0) is 13.4. The molecule has 1 fully saturated rings. The smallest absolute Gasteiger partial charge is 0.337 e. The van der Waals surface area contributed by atoms with Crippen molar-refractivity contribution in [3.63, 3.8) is 0 Å². The van der Waals surface area contributed by atoms with Crippen LogP contribution in [0.15, 0.2) is 23.6 Å². The number of aliphatic carboxylic acids is 1. The monoisotopic (exact) mass is 276 g/mol. The number of anilines is 1. The third-order valence-electron chi connectivity index (χ3n) is 4.04. The zero-order valence-electron chi connectivity index (χ0n) is 10.5. The molecule has 5 heteroatoms. The lowest BCUT2D eigenvalue weighted by Crippen LogP contribution is -2.26. The number of hydrogen-bond acceptors (Lipinski definition) is 4. The van der Waals surface area contributed by atoms with Crippen LogP contribution in [0, 0.1) is 17.8 Å². The molecule has 0 radical (unpaired) electrons. The van der Waals surface area contributed by atoms with Gasteiger partial charge in [0.05, 0.1) is 11.3 Å². The number of thiazole rings is 1. The Hall–Kier alpha value is -1.62. The quantitative estimate of drug-likeness (QED) is 0.657. The first kappa shape index (κ1) is 12.4. The van der Waals surface area contributed by atoms with E-state index in [0.717, 1.165) is 12.8 Å². The van der Waals surface area contributed by atoms with Gasteiger partial charge >= 0.3 is 5.97 Å². The lowest BCUT2D eigenvalue weighted by atomic mass is 9.68. The van der Waals surface area contributed by atoms with Crippen LogP contribution in [0.1, 0.15) is 25.0 Å². The fourth-order valence-electron chi connectivity index (χ4n) is 3.06. The maximum Gasteiger partial charge on any atom is 0.337 e. The summed E-state index contributed by atoms with van der Waals surface area (Å²) in [5.74, 6) is 0.491. The highest BCUT2D eigenvalue weighted by Crippen LogP contribution is 2.42. The number of aromatic nitrogens is 1. The number of hydrogen-bond donors (Lipinski definition) is 2. The van der Waals surface area contributed by atoms with E-state index >= 15 is 0 Å². The molecular weight excluding hydrogens is 260 g/mol. The summed E-state index contributed by atoms with van der Waals surface area (Å²) >= 11 is 1.28. The van der Waals surface area contributed by atoms with E-state index in [-0.39, 0.29) is 0 Å². The fourth-order valence-corrected chi connectivity index (χ4v) is 3.62. The van der Waals surface area contributed by atoms with Crippen LogP contribution in [0.4, 0.5) is 5.13 Å². The third-order valence-corrected chi connectivity index (χ3v) is 4.71. The van der Waals surface area contributed by atoms with Crippen molar-refractivity contribution in [3.05, 3.63) is 29.3 Å². The second kappa shape index (κ2) is 4.81. The number of nitrogens with zero attached hydrogens (tertiary/aromatic N) is 1. The Balaban J connectivity index is 1.90. The van der Waals surface area contributed by atoms with Crippen molar-refractivity contribution in [1.82, 2.24) is 4.98 Å². The molecule has 3 N–H and O–H groups in total.